The molecule has 4 aromatic carbocycles. The van der Waals surface area contributed by atoms with E-state index in [9.17, 15) is 0 Å². The minimum absolute atomic E-state index is 1.02. The predicted molar refractivity (Wildman–Crippen MR) is 171 cm³/mol. The molecular formula is C38H41N. The van der Waals surface area contributed by atoms with Crippen LogP contribution in [0.2, 0.25) is 0 Å². The smallest absolute Gasteiger partial charge is 0.0626 e. The van der Waals surface area contributed by atoms with Gasteiger partial charge in [0.1, 0.15) is 0 Å². The first-order valence-corrected chi connectivity index (χ1v) is 14.6. The van der Waals surface area contributed by atoms with Gasteiger partial charge in [0.2, 0.25) is 0 Å². The molecule has 6 aromatic rings. The number of aromatic nitrogens is 1. The zero-order valence-electron chi connectivity index (χ0n) is 26.2. The molecule has 1 aliphatic carbocycles. The van der Waals surface area contributed by atoms with Gasteiger partial charge in [-0.2, -0.15) is 0 Å². The maximum absolute atomic E-state index is 2.73. The van der Waals surface area contributed by atoms with Crippen LogP contribution in [0.25, 0.3) is 49.2 Å². The summed E-state index contributed by atoms with van der Waals surface area (Å²) in [6.07, 6.45) is 1.02. The summed E-state index contributed by atoms with van der Waals surface area (Å²) >= 11 is 0. The minimum atomic E-state index is 1.02. The van der Waals surface area contributed by atoms with Gasteiger partial charge >= 0.3 is 0 Å². The van der Waals surface area contributed by atoms with Crippen molar-refractivity contribution >= 4 is 38.1 Å². The molecule has 7 rings (SSSR count). The summed E-state index contributed by atoms with van der Waals surface area (Å²) in [5.74, 6) is 0. The van der Waals surface area contributed by atoms with Crippen LogP contribution in [-0.4, -0.2) is 4.40 Å². The van der Waals surface area contributed by atoms with E-state index in [1.54, 1.807) is 11.1 Å². The molecule has 198 valence electrons. The van der Waals surface area contributed by atoms with Gasteiger partial charge in [0.25, 0.3) is 0 Å². The molecule has 0 saturated carbocycles. The van der Waals surface area contributed by atoms with Crippen LogP contribution >= 0.6 is 0 Å². The van der Waals surface area contributed by atoms with Gasteiger partial charge < -0.3 is 4.40 Å². The summed E-state index contributed by atoms with van der Waals surface area (Å²) in [6, 6.07) is 0. The van der Waals surface area contributed by atoms with E-state index >= 15 is 0 Å². The molecule has 0 atom stereocenters. The van der Waals surface area contributed by atoms with Crippen molar-refractivity contribution in [3.8, 4) is 11.1 Å². The summed E-state index contributed by atoms with van der Waals surface area (Å²) in [7, 11) is 0. The number of hydrogen-bond acceptors (Lipinski definition) is 0. The fourth-order valence-electron chi connectivity index (χ4n) is 8.42. The van der Waals surface area contributed by atoms with Crippen LogP contribution in [-0.2, 0) is 6.42 Å². The molecule has 1 aliphatic rings. The highest BCUT2D eigenvalue weighted by Gasteiger charge is 2.34. The lowest BCUT2D eigenvalue weighted by Crippen LogP contribution is -1.99. The standard InChI is InChI=1S/C38H41N/c1-15-16(2)21(7)30-28(20(15)6)14-29-31(30)25(11)26(12)33-35-24(10)19(5)23(9)34-32-22(8)17(3)18(4)27(13)36(32)39(37(29)33)38(34)35/h14H2,1-13H3. The SMILES string of the molecule is Cc1c(C)c(C)c2c(c1C)Cc1c-2c(C)c(C)c2c3c(C)c(C)c(C)c4c5c(C)c(C)c(C)c(C)c5n(c12)c43. The lowest BCUT2D eigenvalue weighted by molar-refractivity contribution is 1.14. The Morgan fingerprint density at radius 1 is 0.308 bits per heavy atom. The van der Waals surface area contributed by atoms with E-state index in [0.29, 0.717) is 0 Å². The molecule has 0 spiro atoms. The van der Waals surface area contributed by atoms with Crippen LogP contribution in [0.15, 0.2) is 0 Å². The fourth-order valence-corrected chi connectivity index (χ4v) is 8.42. The summed E-state index contributed by atoms with van der Waals surface area (Å²) in [5.41, 5.74) is 29.3. The molecule has 0 unspecified atom stereocenters. The molecule has 0 bridgehead atoms. The third-order valence-electron chi connectivity index (χ3n) is 11.7. The Bertz CT molecular complexity index is 2140. The van der Waals surface area contributed by atoms with Gasteiger partial charge in [0.05, 0.1) is 16.6 Å². The van der Waals surface area contributed by atoms with Crippen LogP contribution in [0.5, 0.6) is 0 Å². The highest BCUT2D eigenvalue weighted by Crippen LogP contribution is 2.53. The first-order chi connectivity index (χ1) is 18.3. The first kappa shape index (κ1) is 24.7. The lowest BCUT2D eigenvalue weighted by Gasteiger charge is -2.19. The molecule has 2 aromatic heterocycles. The van der Waals surface area contributed by atoms with Gasteiger partial charge in [-0.1, -0.05) is 0 Å². The summed E-state index contributed by atoms with van der Waals surface area (Å²) in [5, 5.41) is 5.91. The minimum Gasteiger partial charge on any atom is -0.307 e. The molecule has 0 radical (unpaired) electrons. The van der Waals surface area contributed by atoms with E-state index in [1.807, 2.05) is 0 Å². The largest absolute Gasteiger partial charge is 0.307 e. The van der Waals surface area contributed by atoms with Crippen molar-refractivity contribution < 1.29 is 0 Å². The van der Waals surface area contributed by atoms with E-state index in [4.69, 9.17) is 0 Å². The maximum atomic E-state index is 2.73. The van der Waals surface area contributed by atoms with E-state index in [-0.39, 0.29) is 0 Å². The quantitative estimate of drug-likeness (QED) is 0.191. The number of hydrogen-bond donors (Lipinski definition) is 0. The Morgan fingerprint density at radius 3 is 1.26 bits per heavy atom. The monoisotopic (exact) mass is 511 g/mol. The third kappa shape index (κ3) is 2.54. The van der Waals surface area contributed by atoms with Gasteiger partial charge in [-0.25, -0.2) is 0 Å². The number of benzene rings is 4. The normalized spacial score (nSPS) is 13.2. The number of rotatable bonds is 0. The molecule has 2 heterocycles. The van der Waals surface area contributed by atoms with Crippen molar-refractivity contribution in [1.82, 2.24) is 4.40 Å². The summed E-state index contributed by atoms with van der Waals surface area (Å²) < 4.78 is 2.73. The Labute approximate surface area is 233 Å². The fraction of sp³-hybridized carbons (Fsp3) is 0.368. The second-order valence-electron chi connectivity index (χ2n) is 12.9. The van der Waals surface area contributed by atoms with E-state index in [1.165, 1.54) is 122 Å². The molecule has 1 nitrogen and oxygen atoms in total. The molecule has 0 N–H and O–H groups in total. The molecule has 0 saturated heterocycles. The Morgan fingerprint density at radius 2 is 0.667 bits per heavy atom. The molecule has 0 fully saturated rings. The van der Waals surface area contributed by atoms with Crippen molar-refractivity contribution in [3.05, 3.63) is 83.5 Å². The highest BCUT2D eigenvalue weighted by atomic mass is 14.9. The molecule has 0 aliphatic heterocycles. The van der Waals surface area contributed by atoms with E-state index in [2.05, 4.69) is 94.4 Å². The van der Waals surface area contributed by atoms with Crippen LogP contribution in [0.1, 0.15) is 83.5 Å². The second kappa shape index (κ2) is 7.45. The van der Waals surface area contributed by atoms with Crippen LogP contribution < -0.4 is 0 Å². The third-order valence-corrected chi connectivity index (χ3v) is 11.7. The Kier molecular flexibility index (Phi) is 4.72. The van der Waals surface area contributed by atoms with Gasteiger partial charge in [0, 0.05) is 28.0 Å². The van der Waals surface area contributed by atoms with Crippen molar-refractivity contribution in [2.45, 2.75) is 96.4 Å². The van der Waals surface area contributed by atoms with Crippen LogP contribution in [0, 0.1) is 90.0 Å². The van der Waals surface area contributed by atoms with Crippen LogP contribution in [0.3, 0.4) is 0 Å². The van der Waals surface area contributed by atoms with Crippen molar-refractivity contribution in [1.29, 1.82) is 0 Å². The summed E-state index contributed by atoms with van der Waals surface area (Å²) in [4.78, 5) is 0. The Hall–Kier alpha value is -3.32. The van der Waals surface area contributed by atoms with Crippen molar-refractivity contribution in [3.63, 3.8) is 0 Å². The van der Waals surface area contributed by atoms with Crippen LogP contribution in [0.4, 0.5) is 0 Å². The number of fused-ring (bicyclic) bond motifs is 10. The van der Waals surface area contributed by atoms with Gasteiger partial charge in [-0.3, -0.25) is 0 Å². The maximum Gasteiger partial charge on any atom is 0.0626 e. The van der Waals surface area contributed by atoms with Gasteiger partial charge in [-0.05, 0) is 185 Å². The van der Waals surface area contributed by atoms with Gasteiger partial charge in [-0.15, -0.1) is 0 Å². The van der Waals surface area contributed by atoms with E-state index in [0.717, 1.165) is 6.42 Å². The summed E-state index contributed by atoms with van der Waals surface area (Å²) in [6.45, 7) is 30.5. The highest BCUT2D eigenvalue weighted by molar-refractivity contribution is 6.28. The van der Waals surface area contributed by atoms with Crippen molar-refractivity contribution in [2.24, 2.45) is 0 Å². The van der Waals surface area contributed by atoms with E-state index < -0.39 is 0 Å². The first-order valence-electron chi connectivity index (χ1n) is 14.6. The number of aryl methyl sites for hydroxylation is 5. The average molecular weight is 512 g/mol. The lowest BCUT2D eigenvalue weighted by atomic mass is 9.86. The average Bonchev–Trinajstić information content (AvgIpc) is 3.57. The second-order valence-corrected chi connectivity index (χ2v) is 12.9. The van der Waals surface area contributed by atoms with Gasteiger partial charge in [0.15, 0.2) is 0 Å². The number of nitrogens with zero attached hydrogens (tertiary/aromatic N) is 1. The zero-order chi connectivity index (χ0) is 28.1. The molecule has 39 heavy (non-hydrogen) atoms. The zero-order valence-corrected chi connectivity index (χ0v) is 26.2. The molecular weight excluding hydrogens is 470 g/mol. The predicted octanol–water partition coefficient (Wildman–Crippen LogP) is 10.4. The Balaban J connectivity index is 1.87. The van der Waals surface area contributed by atoms with Crippen molar-refractivity contribution in [2.75, 3.05) is 0 Å². The molecule has 1 heteroatoms. The topological polar surface area (TPSA) is 4.41 Å². The molecule has 0 amide bonds.